The molecule has 146 valence electrons. The van der Waals surface area contributed by atoms with Crippen molar-refractivity contribution in [2.24, 2.45) is 0 Å². The third-order valence-corrected chi connectivity index (χ3v) is 5.10. The Bertz CT molecular complexity index is 1070. The van der Waals surface area contributed by atoms with Gasteiger partial charge in [0.1, 0.15) is 5.56 Å². The first-order valence-electron chi connectivity index (χ1n) is 9.36. The number of aromatic nitrogens is 4. The van der Waals surface area contributed by atoms with Crippen LogP contribution < -0.4 is 5.56 Å². The van der Waals surface area contributed by atoms with Crippen LogP contribution in [0.3, 0.4) is 0 Å². The van der Waals surface area contributed by atoms with E-state index in [9.17, 15) is 9.59 Å². The standard InChI is InChI=1S/C20H22N4O4/c1-12-16(11-21-24(12)14-7-9-27-10-8-14)20(26)28-13(2)18-22-17-6-4-3-5-15(17)19(25)23-18/h3-6,11,13-14H,7-10H2,1-2H3,(H,22,23,25). The molecule has 3 heterocycles. The Morgan fingerprint density at radius 3 is 2.86 bits per heavy atom. The van der Waals surface area contributed by atoms with Crippen molar-refractivity contribution in [2.45, 2.75) is 38.8 Å². The fourth-order valence-corrected chi connectivity index (χ4v) is 3.50. The normalized spacial score (nSPS) is 16.2. The van der Waals surface area contributed by atoms with E-state index in [0.717, 1.165) is 18.5 Å². The Balaban J connectivity index is 1.54. The third-order valence-electron chi connectivity index (χ3n) is 5.10. The molecule has 0 aliphatic carbocycles. The molecule has 1 aliphatic heterocycles. The molecule has 1 fully saturated rings. The van der Waals surface area contributed by atoms with Gasteiger partial charge in [-0.25, -0.2) is 9.78 Å². The number of nitrogens with zero attached hydrogens (tertiary/aromatic N) is 3. The first-order valence-corrected chi connectivity index (χ1v) is 9.36. The Kier molecular flexibility index (Phi) is 4.95. The molecule has 1 N–H and O–H groups in total. The molecule has 8 heteroatoms. The van der Waals surface area contributed by atoms with Crippen molar-refractivity contribution in [2.75, 3.05) is 13.2 Å². The maximum atomic E-state index is 12.7. The zero-order chi connectivity index (χ0) is 19.7. The smallest absolute Gasteiger partial charge is 0.342 e. The fraction of sp³-hybridized carbons (Fsp3) is 0.400. The first kappa shape index (κ1) is 18.4. The minimum Gasteiger partial charge on any atom is -0.451 e. The molecule has 2 aromatic heterocycles. The van der Waals surface area contributed by atoms with E-state index in [0.29, 0.717) is 35.5 Å². The molecule has 0 amide bonds. The van der Waals surface area contributed by atoms with E-state index in [4.69, 9.17) is 9.47 Å². The monoisotopic (exact) mass is 382 g/mol. The molecule has 4 rings (SSSR count). The summed E-state index contributed by atoms with van der Waals surface area (Å²) in [6.45, 7) is 4.94. The number of carbonyl (C=O) groups excluding carboxylic acids is 1. The quantitative estimate of drug-likeness (QED) is 0.697. The summed E-state index contributed by atoms with van der Waals surface area (Å²) in [7, 11) is 0. The van der Waals surface area contributed by atoms with Crippen LogP contribution in [0.25, 0.3) is 10.9 Å². The number of ether oxygens (including phenoxy) is 2. The van der Waals surface area contributed by atoms with Gasteiger partial charge in [0.05, 0.1) is 28.8 Å². The van der Waals surface area contributed by atoms with Gasteiger partial charge < -0.3 is 14.5 Å². The summed E-state index contributed by atoms with van der Waals surface area (Å²) in [5.74, 6) is -0.175. The molecule has 0 radical (unpaired) electrons. The highest BCUT2D eigenvalue weighted by atomic mass is 16.5. The van der Waals surface area contributed by atoms with Crippen LogP contribution in [0.15, 0.2) is 35.3 Å². The summed E-state index contributed by atoms with van der Waals surface area (Å²) in [6.07, 6.45) is 2.58. The van der Waals surface area contributed by atoms with Gasteiger partial charge in [-0.1, -0.05) is 12.1 Å². The number of esters is 1. The van der Waals surface area contributed by atoms with Crippen molar-refractivity contribution in [3.8, 4) is 0 Å². The second-order valence-electron chi connectivity index (χ2n) is 6.95. The van der Waals surface area contributed by atoms with E-state index in [1.54, 1.807) is 25.1 Å². The highest BCUT2D eigenvalue weighted by molar-refractivity contribution is 5.90. The van der Waals surface area contributed by atoms with Gasteiger partial charge >= 0.3 is 5.97 Å². The number of fused-ring (bicyclic) bond motifs is 1. The lowest BCUT2D eigenvalue weighted by Crippen LogP contribution is -2.22. The topological polar surface area (TPSA) is 99.1 Å². The molecule has 1 aromatic carbocycles. The number of carbonyl (C=O) groups is 1. The molecule has 3 aromatic rings. The Morgan fingerprint density at radius 1 is 1.32 bits per heavy atom. The van der Waals surface area contributed by atoms with E-state index >= 15 is 0 Å². The molecule has 1 saturated heterocycles. The second kappa shape index (κ2) is 7.55. The minimum absolute atomic E-state index is 0.228. The van der Waals surface area contributed by atoms with Gasteiger partial charge in [0.25, 0.3) is 5.56 Å². The van der Waals surface area contributed by atoms with Gasteiger partial charge in [-0.15, -0.1) is 0 Å². The third kappa shape index (κ3) is 3.43. The number of para-hydroxylation sites is 1. The van der Waals surface area contributed by atoms with Crippen molar-refractivity contribution < 1.29 is 14.3 Å². The number of rotatable bonds is 4. The van der Waals surface area contributed by atoms with Crippen molar-refractivity contribution in [1.82, 2.24) is 19.7 Å². The number of nitrogens with one attached hydrogen (secondary N) is 1. The van der Waals surface area contributed by atoms with Crippen LogP contribution >= 0.6 is 0 Å². The van der Waals surface area contributed by atoms with E-state index in [1.165, 1.54) is 6.20 Å². The zero-order valence-electron chi connectivity index (χ0n) is 15.8. The van der Waals surface area contributed by atoms with Crippen LogP contribution in [0.5, 0.6) is 0 Å². The van der Waals surface area contributed by atoms with Crippen LogP contribution in [-0.2, 0) is 9.47 Å². The van der Waals surface area contributed by atoms with Gasteiger partial charge in [-0.2, -0.15) is 5.10 Å². The lowest BCUT2D eigenvalue weighted by Gasteiger charge is -2.23. The highest BCUT2D eigenvalue weighted by Gasteiger charge is 2.24. The van der Waals surface area contributed by atoms with Gasteiger partial charge in [0.2, 0.25) is 0 Å². The Morgan fingerprint density at radius 2 is 2.07 bits per heavy atom. The van der Waals surface area contributed by atoms with E-state index in [-0.39, 0.29) is 11.6 Å². The SMILES string of the molecule is Cc1c(C(=O)OC(C)c2nc3ccccc3c(=O)[nH]2)cnn1C1CCOCC1. The molecule has 0 bridgehead atoms. The van der Waals surface area contributed by atoms with Crippen molar-refractivity contribution in [3.05, 3.63) is 57.9 Å². The second-order valence-corrected chi connectivity index (χ2v) is 6.95. The van der Waals surface area contributed by atoms with Crippen LogP contribution in [0.4, 0.5) is 0 Å². The van der Waals surface area contributed by atoms with Gasteiger partial charge in [0, 0.05) is 13.2 Å². The van der Waals surface area contributed by atoms with Crippen molar-refractivity contribution >= 4 is 16.9 Å². The van der Waals surface area contributed by atoms with Crippen LogP contribution in [-0.4, -0.2) is 38.9 Å². The largest absolute Gasteiger partial charge is 0.451 e. The van der Waals surface area contributed by atoms with Gasteiger partial charge in [0.15, 0.2) is 11.9 Å². The maximum Gasteiger partial charge on any atom is 0.342 e. The molecular formula is C20H22N4O4. The summed E-state index contributed by atoms with van der Waals surface area (Å²) >= 11 is 0. The lowest BCUT2D eigenvalue weighted by molar-refractivity contribution is 0.0318. The van der Waals surface area contributed by atoms with Gasteiger partial charge in [-0.05, 0) is 38.8 Å². The number of benzene rings is 1. The maximum absolute atomic E-state index is 12.7. The number of hydrogen-bond donors (Lipinski definition) is 1. The molecule has 0 saturated carbocycles. The molecule has 0 spiro atoms. The number of H-pyrrole nitrogens is 1. The van der Waals surface area contributed by atoms with Gasteiger partial charge in [-0.3, -0.25) is 9.48 Å². The predicted molar refractivity (Wildman–Crippen MR) is 102 cm³/mol. The van der Waals surface area contributed by atoms with E-state index in [1.807, 2.05) is 17.7 Å². The van der Waals surface area contributed by atoms with Crippen LogP contribution in [0, 0.1) is 6.92 Å². The molecule has 28 heavy (non-hydrogen) atoms. The molecule has 1 unspecified atom stereocenters. The predicted octanol–water partition coefficient (Wildman–Crippen LogP) is 2.70. The average Bonchev–Trinajstić information content (AvgIpc) is 3.10. The van der Waals surface area contributed by atoms with E-state index < -0.39 is 12.1 Å². The first-order chi connectivity index (χ1) is 13.5. The molecular weight excluding hydrogens is 360 g/mol. The van der Waals surface area contributed by atoms with E-state index in [2.05, 4.69) is 15.1 Å². The number of aromatic amines is 1. The fourth-order valence-electron chi connectivity index (χ4n) is 3.50. The summed E-state index contributed by atoms with van der Waals surface area (Å²) in [6, 6.07) is 7.27. The number of hydrogen-bond acceptors (Lipinski definition) is 6. The highest BCUT2D eigenvalue weighted by Crippen LogP contribution is 2.24. The Hall–Kier alpha value is -3.00. The summed E-state index contributed by atoms with van der Waals surface area (Å²) < 4.78 is 12.8. The van der Waals surface area contributed by atoms with Crippen LogP contribution in [0.2, 0.25) is 0 Å². The zero-order valence-corrected chi connectivity index (χ0v) is 15.8. The summed E-state index contributed by atoms with van der Waals surface area (Å²) in [4.78, 5) is 32.0. The summed E-state index contributed by atoms with van der Waals surface area (Å²) in [5, 5.41) is 4.88. The average molecular weight is 382 g/mol. The molecule has 1 atom stereocenters. The summed E-state index contributed by atoms with van der Waals surface area (Å²) in [5.41, 5.74) is 1.49. The van der Waals surface area contributed by atoms with Crippen LogP contribution in [0.1, 0.15) is 53.8 Å². The lowest BCUT2D eigenvalue weighted by atomic mass is 10.1. The molecule has 1 aliphatic rings. The van der Waals surface area contributed by atoms with Crippen molar-refractivity contribution in [3.63, 3.8) is 0 Å². The molecule has 8 nitrogen and oxygen atoms in total. The minimum atomic E-state index is -0.698. The van der Waals surface area contributed by atoms with Crippen molar-refractivity contribution in [1.29, 1.82) is 0 Å². The Labute approximate surface area is 161 Å².